The fraction of sp³-hybridized carbons (Fsp3) is 0.462. The van der Waals surface area contributed by atoms with E-state index < -0.39 is 0 Å². The molecule has 1 heterocycles. The van der Waals surface area contributed by atoms with Gasteiger partial charge in [0.15, 0.2) is 0 Å². The van der Waals surface area contributed by atoms with Gasteiger partial charge in [-0.25, -0.2) is 5.84 Å². The Morgan fingerprint density at radius 1 is 1.53 bits per heavy atom. The van der Waals surface area contributed by atoms with Crippen LogP contribution in [0, 0.1) is 5.92 Å². The number of rotatable bonds is 1. The minimum absolute atomic E-state index is 0.611. The van der Waals surface area contributed by atoms with E-state index in [9.17, 15) is 0 Å². The maximum absolute atomic E-state index is 5.57. The van der Waals surface area contributed by atoms with Crippen LogP contribution >= 0.6 is 0 Å². The Morgan fingerprint density at radius 3 is 3.00 bits per heavy atom. The number of fused-ring (bicyclic) bond motifs is 1. The highest BCUT2D eigenvalue weighted by Crippen LogP contribution is 2.29. The van der Waals surface area contributed by atoms with Crippen LogP contribution in [0.15, 0.2) is 29.3 Å². The number of nitrogens with zero attached hydrogens (tertiary/aromatic N) is 2. The molecule has 1 aromatic carbocycles. The van der Waals surface area contributed by atoms with Gasteiger partial charge in [-0.3, -0.25) is 10.4 Å². The van der Waals surface area contributed by atoms with Gasteiger partial charge < -0.3 is 4.90 Å². The number of aliphatic imine (C=N–C) groups is 1. The van der Waals surface area contributed by atoms with Crippen LogP contribution < -0.4 is 16.2 Å². The average Bonchev–Trinajstić information content (AvgIpc) is 2.35. The first-order valence-corrected chi connectivity index (χ1v) is 6.12. The molecule has 0 fully saturated rings. The van der Waals surface area contributed by atoms with Crippen molar-refractivity contribution in [1.29, 1.82) is 0 Å². The van der Waals surface area contributed by atoms with Gasteiger partial charge in [0.1, 0.15) is 0 Å². The van der Waals surface area contributed by atoms with Crippen molar-refractivity contribution in [2.24, 2.45) is 16.8 Å². The van der Waals surface area contributed by atoms with E-state index in [4.69, 9.17) is 5.84 Å². The molecule has 0 saturated heterocycles. The molecular weight excluding hydrogens is 212 g/mol. The Morgan fingerprint density at radius 2 is 2.29 bits per heavy atom. The van der Waals surface area contributed by atoms with E-state index in [1.807, 2.05) is 6.92 Å². The van der Waals surface area contributed by atoms with Gasteiger partial charge in [-0.15, -0.1) is 0 Å². The first-order valence-electron chi connectivity index (χ1n) is 6.12. The van der Waals surface area contributed by atoms with Gasteiger partial charge >= 0.3 is 0 Å². The van der Waals surface area contributed by atoms with Crippen LogP contribution in [0.3, 0.4) is 0 Å². The van der Waals surface area contributed by atoms with Crippen molar-refractivity contribution in [2.45, 2.75) is 20.3 Å². The smallest absolute Gasteiger partial charge is 0.212 e. The molecule has 2 rings (SSSR count). The molecule has 0 aromatic heterocycles. The summed E-state index contributed by atoms with van der Waals surface area (Å²) in [6.45, 7) is 5.95. The molecule has 3 N–H and O–H groups in total. The number of benzene rings is 1. The van der Waals surface area contributed by atoms with Gasteiger partial charge in [0.25, 0.3) is 0 Å². The molecular formula is C13H20N4. The normalized spacial score (nSPS) is 20.1. The van der Waals surface area contributed by atoms with E-state index in [2.05, 4.69) is 46.5 Å². The number of nitrogens with one attached hydrogen (secondary N) is 1. The second-order valence-electron chi connectivity index (χ2n) is 4.49. The van der Waals surface area contributed by atoms with Crippen molar-refractivity contribution in [1.82, 2.24) is 5.43 Å². The van der Waals surface area contributed by atoms with Crippen molar-refractivity contribution < 1.29 is 0 Å². The van der Waals surface area contributed by atoms with Gasteiger partial charge in [0.05, 0.1) is 0 Å². The van der Waals surface area contributed by atoms with Crippen LogP contribution in [-0.2, 0) is 6.42 Å². The summed E-state index contributed by atoms with van der Waals surface area (Å²) in [5.74, 6) is 6.94. The number of hydrazine groups is 1. The minimum Gasteiger partial charge on any atom is -0.311 e. The molecule has 1 atom stereocenters. The summed E-state index contributed by atoms with van der Waals surface area (Å²) in [5, 5.41) is 0. The molecule has 0 spiro atoms. The molecule has 1 unspecified atom stereocenters. The third-order valence-corrected chi connectivity index (χ3v) is 3.04. The Bertz CT molecular complexity index is 414. The predicted molar refractivity (Wildman–Crippen MR) is 72.0 cm³/mol. The van der Waals surface area contributed by atoms with Crippen LogP contribution in [0.25, 0.3) is 0 Å². The molecule has 0 aliphatic carbocycles. The van der Waals surface area contributed by atoms with Crippen LogP contribution in [0.1, 0.15) is 19.4 Å². The lowest BCUT2D eigenvalue weighted by Gasteiger charge is -2.34. The quantitative estimate of drug-likeness (QED) is 0.334. The first kappa shape index (κ1) is 11.9. The number of hydrogen-bond acceptors (Lipinski definition) is 2. The second kappa shape index (κ2) is 5.19. The molecule has 92 valence electrons. The summed E-state index contributed by atoms with van der Waals surface area (Å²) in [7, 11) is 0. The number of hydrogen-bond donors (Lipinski definition) is 2. The highest BCUT2D eigenvalue weighted by molar-refractivity contribution is 5.96. The molecule has 1 aliphatic rings. The topological polar surface area (TPSA) is 53.6 Å². The third kappa shape index (κ3) is 2.42. The van der Waals surface area contributed by atoms with Crippen molar-refractivity contribution in [3.05, 3.63) is 29.8 Å². The lowest BCUT2D eigenvalue weighted by Crippen LogP contribution is -2.49. The number of para-hydroxylation sites is 1. The molecule has 1 aliphatic heterocycles. The van der Waals surface area contributed by atoms with E-state index in [0.29, 0.717) is 5.92 Å². The largest absolute Gasteiger partial charge is 0.311 e. The highest BCUT2D eigenvalue weighted by Gasteiger charge is 2.24. The lowest BCUT2D eigenvalue weighted by molar-refractivity contribution is 0.563. The Hall–Kier alpha value is -1.55. The molecule has 4 nitrogen and oxygen atoms in total. The molecule has 0 saturated carbocycles. The van der Waals surface area contributed by atoms with E-state index in [1.165, 1.54) is 11.3 Å². The van der Waals surface area contributed by atoms with Crippen molar-refractivity contribution in [3.63, 3.8) is 0 Å². The molecule has 0 amide bonds. The average molecular weight is 232 g/mol. The monoisotopic (exact) mass is 232 g/mol. The van der Waals surface area contributed by atoms with Gasteiger partial charge in [-0.05, 0) is 30.9 Å². The van der Waals surface area contributed by atoms with Crippen LogP contribution in [-0.4, -0.2) is 19.0 Å². The zero-order valence-electron chi connectivity index (χ0n) is 10.5. The fourth-order valence-electron chi connectivity index (χ4n) is 2.36. The standard InChI is InChI=1S/C13H20N4/c1-3-15-13(16-14)17-9-10(2)8-11-6-4-5-7-12(11)17/h4-7,10H,3,8-9,14H2,1-2H3,(H,15,16). The highest BCUT2D eigenvalue weighted by atomic mass is 15.4. The Kier molecular flexibility index (Phi) is 3.64. The zero-order chi connectivity index (χ0) is 12.3. The Balaban J connectivity index is 2.38. The SMILES string of the molecule is CCN=C(NN)N1CC(C)Cc2ccccc21. The van der Waals surface area contributed by atoms with Crippen LogP contribution in [0.2, 0.25) is 0 Å². The summed E-state index contributed by atoms with van der Waals surface area (Å²) in [4.78, 5) is 6.58. The van der Waals surface area contributed by atoms with Gasteiger partial charge in [-0.2, -0.15) is 0 Å². The molecule has 0 bridgehead atoms. The lowest BCUT2D eigenvalue weighted by atomic mass is 9.94. The third-order valence-electron chi connectivity index (χ3n) is 3.04. The number of nitrogens with two attached hydrogens (primary N) is 1. The molecule has 17 heavy (non-hydrogen) atoms. The van der Waals surface area contributed by atoms with E-state index in [-0.39, 0.29) is 0 Å². The van der Waals surface area contributed by atoms with Gasteiger partial charge in [-0.1, -0.05) is 25.1 Å². The predicted octanol–water partition coefficient (Wildman–Crippen LogP) is 1.52. The number of anilines is 1. The van der Waals surface area contributed by atoms with Crippen molar-refractivity contribution >= 4 is 11.6 Å². The van der Waals surface area contributed by atoms with Gasteiger partial charge in [0, 0.05) is 18.8 Å². The zero-order valence-corrected chi connectivity index (χ0v) is 10.5. The molecule has 0 radical (unpaired) electrons. The number of guanidine groups is 1. The maximum atomic E-state index is 5.57. The van der Waals surface area contributed by atoms with Crippen LogP contribution in [0.4, 0.5) is 5.69 Å². The summed E-state index contributed by atoms with van der Waals surface area (Å²) in [5.41, 5.74) is 5.29. The van der Waals surface area contributed by atoms with Gasteiger partial charge in [0.2, 0.25) is 5.96 Å². The summed E-state index contributed by atoms with van der Waals surface area (Å²) in [6.07, 6.45) is 1.12. The fourth-order valence-corrected chi connectivity index (χ4v) is 2.36. The maximum Gasteiger partial charge on any atom is 0.212 e. The van der Waals surface area contributed by atoms with E-state index in [1.54, 1.807) is 0 Å². The van der Waals surface area contributed by atoms with Crippen molar-refractivity contribution in [3.8, 4) is 0 Å². The van der Waals surface area contributed by atoms with E-state index in [0.717, 1.165) is 25.5 Å². The summed E-state index contributed by atoms with van der Waals surface area (Å²) in [6, 6.07) is 8.45. The second-order valence-corrected chi connectivity index (χ2v) is 4.49. The van der Waals surface area contributed by atoms with Crippen LogP contribution in [0.5, 0.6) is 0 Å². The first-order chi connectivity index (χ1) is 8.26. The minimum atomic E-state index is 0.611. The molecule has 1 aromatic rings. The summed E-state index contributed by atoms with van der Waals surface area (Å²) >= 11 is 0. The van der Waals surface area contributed by atoms with Crippen molar-refractivity contribution in [2.75, 3.05) is 18.0 Å². The Labute approximate surface area is 102 Å². The molecule has 4 heteroatoms. The summed E-state index contributed by atoms with van der Waals surface area (Å²) < 4.78 is 0. The van der Waals surface area contributed by atoms with E-state index >= 15 is 0 Å².